The van der Waals surface area contributed by atoms with Crippen LogP contribution in [-0.4, -0.2) is 40.8 Å². The van der Waals surface area contributed by atoms with Gasteiger partial charge < -0.3 is 14.7 Å². The molecule has 0 unspecified atom stereocenters. The van der Waals surface area contributed by atoms with E-state index in [1.807, 2.05) is 13.8 Å². The maximum Gasteiger partial charge on any atom is 0.410 e. The number of amides is 1. The standard InChI is InChI=1S/C13H23NO4/c1-8(2)9-6-14(7-10(9)11(15)16)12(17)18-13(3,4)5/h8-10H,6-7H2,1-5H3,(H,15,16)/t9-,10-/m1/s1. The fraction of sp³-hybridized carbons (Fsp3) is 0.846. The number of hydrogen-bond donors (Lipinski definition) is 1. The van der Waals surface area contributed by atoms with Gasteiger partial charge in [0.05, 0.1) is 5.92 Å². The van der Waals surface area contributed by atoms with Crippen LogP contribution in [0.4, 0.5) is 4.79 Å². The molecule has 0 saturated carbocycles. The van der Waals surface area contributed by atoms with Gasteiger partial charge in [-0.05, 0) is 32.6 Å². The molecular weight excluding hydrogens is 234 g/mol. The third-order valence-electron chi connectivity index (χ3n) is 3.19. The first kappa shape index (κ1) is 14.8. The summed E-state index contributed by atoms with van der Waals surface area (Å²) in [6.07, 6.45) is -0.420. The smallest absolute Gasteiger partial charge is 0.410 e. The molecule has 1 heterocycles. The number of ether oxygens (including phenoxy) is 1. The molecular formula is C13H23NO4. The first-order chi connectivity index (χ1) is 8.11. The summed E-state index contributed by atoms with van der Waals surface area (Å²) in [4.78, 5) is 24.6. The fourth-order valence-electron chi connectivity index (χ4n) is 2.24. The second-order valence-corrected chi connectivity index (χ2v) is 6.24. The summed E-state index contributed by atoms with van der Waals surface area (Å²) in [5, 5.41) is 9.19. The summed E-state index contributed by atoms with van der Waals surface area (Å²) in [5.74, 6) is -1.09. The van der Waals surface area contributed by atoms with E-state index in [2.05, 4.69) is 0 Å². The van der Waals surface area contributed by atoms with E-state index in [4.69, 9.17) is 4.74 Å². The van der Waals surface area contributed by atoms with E-state index >= 15 is 0 Å². The predicted molar refractivity (Wildman–Crippen MR) is 67.3 cm³/mol. The van der Waals surface area contributed by atoms with Crippen molar-refractivity contribution in [3.63, 3.8) is 0 Å². The highest BCUT2D eigenvalue weighted by Gasteiger charge is 2.42. The topological polar surface area (TPSA) is 66.8 Å². The molecule has 5 heteroatoms. The minimum Gasteiger partial charge on any atom is -0.481 e. The molecule has 104 valence electrons. The van der Waals surface area contributed by atoms with Gasteiger partial charge in [-0.25, -0.2) is 4.79 Å². The van der Waals surface area contributed by atoms with E-state index in [0.29, 0.717) is 6.54 Å². The first-order valence-electron chi connectivity index (χ1n) is 6.32. The number of carbonyl (C=O) groups is 2. The summed E-state index contributed by atoms with van der Waals surface area (Å²) in [7, 11) is 0. The van der Waals surface area contributed by atoms with Crippen molar-refractivity contribution in [2.75, 3.05) is 13.1 Å². The van der Waals surface area contributed by atoms with Gasteiger partial charge in [-0.15, -0.1) is 0 Å². The largest absolute Gasteiger partial charge is 0.481 e. The minimum atomic E-state index is -0.834. The highest BCUT2D eigenvalue weighted by atomic mass is 16.6. The Morgan fingerprint density at radius 2 is 1.83 bits per heavy atom. The zero-order valence-corrected chi connectivity index (χ0v) is 11.8. The lowest BCUT2D eigenvalue weighted by atomic mass is 9.86. The Morgan fingerprint density at radius 3 is 2.17 bits per heavy atom. The average Bonchev–Trinajstić information content (AvgIpc) is 2.58. The average molecular weight is 257 g/mol. The van der Waals surface area contributed by atoms with Crippen LogP contribution in [0.15, 0.2) is 0 Å². The molecule has 0 aromatic carbocycles. The Labute approximate surface area is 108 Å². The summed E-state index contributed by atoms with van der Waals surface area (Å²) in [6.45, 7) is 10.1. The molecule has 1 aliphatic heterocycles. The second-order valence-electron chi connectivity index (χ2n) is 6.24. The SMILES string of the molecule is CC(C)[C@H]1CN(C(=O)OC(C)(C)C)C[C@H]1C(=O)O. The zero-order chi connectivity index (χ0) is 14.1. The first-order valence-corrected chi connectivity index (χ1v) is 6.32. The molecule has 0 aromatic rings. The van der Waals surface area contributed by atoms with Crippen LogP contribution in [0.5, 0.6) is 0 Å². The highest BCUT2D eigenvalue weighted by molar-refractivity contribution is 5.74. The lowest BCUT2D eigenvalue weighted by Gasteiger charge is -2.24. The van der Waals surface area contributed by atoms with Crippen LogP contribution < -0.4 is 0 Å². The van der Waals surface area contributed by atoms with Crippen molar-refractivity contribution >= 4 is 12.1 Å². The van der Waals surface area contributed by atoms with Gasteiger partial charge in [0.1, 0.15) is 5.60 Å². The molecule has 0 bridgehead atoms. The van der Waals surface area contributed by atoms with Gasteiger partial charge in [-0.1, -0.05) is 13.8 Å². The Balaban J connectivity index is 2.72. The van der Waals surface area contributed by atoms with Crippen molar-refractivity contribution < 1.29 is 19.4 Å². The van der Waals surface area contributed by atoms with Gasteiger partial charge in [0.2, 0.25) is 0 Å². The summed E-state index contributed by atoms with van der Waals surface area (Å²) >= 11 is 0. The Kier molecular flexibility index (Phi) is 4.24. The molecule has 1 amide bonds. The van der Waals surface area contributed by atoms with Gasteiger partial charge >= 0.3 is 12.1 Å². The molecule has 1 saturated heterocycles. The normalized spacial score (nSPS) is 24.4. The number of rotatable bonds is 2. The van der Waals surface area contributed by atoms with Crippen molar-refractivity contribution in [2.45, 2.75) is 40.2 Å². The van der Waals surface area contributed by atoms with Crippen molar-refractivity contribution in [2.24, 2.45) is 17.8 Å². The summed E-state index contributed by atoms with van der Waals surface area (Å²) in [6, 6.07) is 0. The molecule has 1 N–H and O–H groups in total. The molecule has 1 aliphatic rings. The molecule has 0 aliphatic carbocycles. The lowest BCUT2D eigenvalue weighted by Crippen LogP contribution is -2.36. The van der Waals surface area contributed by atoms with Crippen molar-refractivity contribution in [1.82, 2.24) is 4.90 Å². The molecule has 0 spiro atoms. The van der Waals surface area contributed by atoms with Gasteiger partial charge in [-0.3, -0.25) is 4.79 Å². The molecule has 1 fully saturated rings. The van der Waals surface area contributed by atoms with Crippen molar-refractivity contribution in [3.8, 4) is 0 Å². The number of hydrogen-bond acceptors (Lipinski definition) is 3. The third-order valence-corrected chi connectivity index (χ3v) is 3.19. The lowest BCUT2D eigenvalue weighted by molar-refractivity contribution is -0.142. The predicted octanol–water partition coefficient (Wildman–Crippen LogP) is 2.21. The number of likely N-dealkylation sites (tertiary alicyclic amines) is 1. The van der Waals surface area contributed by atoms with E-state index in [-0.39, 0.29) is 18.4 Å². The van der Waals surface area contributed by atoms with Gasteiger partial charge in [0.15, 0.2) is 0 Å². The number of carboxylic acid groups (broad SMARTS) is 1. The van der Waals surface area contributed by atoms with Gasteiger partial charge in [0, 0.05) is 13.1 Å². The fourth-order valence-corrected chi connectivity index (χ4v) is 2.24. The number of nitrogens with zero attached hydrogens (tertiary/aromatic N) is 1. The second kappa shape index (κ2) is 5.16. The van der Waals surface area contributed by atoms with Crippen LogP contribution in [0.2, 0.25) is 0 Å². The van der Waals surface area contributed by atoms with Crippen LogP contribution in [0.25, 0.3) is 0 Å². The Morgan fingerprint density at radius 1 is 1.28 bits per heavy atom. The maximum atomic E-state index is 11.9. The summed E-state index contributed by atoms with van der Waals surface area (Å²) in [5.41, 5.74) is -0.550. The van der Waals surface area contributed by atoms with E-state index < -0.39 is 23.6 Å². The zero-order valence-electron chi connectivity index (χ0n) is 11.8. The number of aliphatic carboxylic acids is 1. The molecule has 0 radical (unpaired) electrons. The van der Waals surface area contributed by atoms with Crippen molar-refractivity contribution in [3.05, 3.63) is 0 Å². The van der Waals surface area contributed by atoms with E-state index in [1.54, 1.807) is 20.8 Å². The quantitative estimate of drug-likeness (QED) is 0.823. The van der Waals surface area contributed by atoms with E-state index in [9.17, 15) is 14.7 Å². The van der Waals surface area contributed by atoms with E-state index in [1.165, 1.54) is 4.90 Å². The maximum absolute atomic E-state index is 11.9. The van der Waals surface area contributed by atoms with Crippen LogP contribution in [0, 0.1) is 17.8 Å². The van der Waals surface area contributed by atoms with Crippen LogP contribution in [0.3, 0.4) is 0 Å². The molecule has 5 nitrogen and oxygen atoms in total. The van der Waals surface area contributed by atoms with Crippen LogP contribution in [-0.2, 0) is 9.53 Å². The monoisotopic (exact) mass is 257 g/mol. The molecule has 1 rings (SSSR count). The van der Waals surface area contributed by atoms with Crippen LogP contribution in [0.1, 0.15) is 34.6 Å². The third kappa shape index (κ3) is 3.62. The van der Waals surface area contributed by atoms with Crippen molar-refractivity contribution in [1.29, 1.82) is 0 Å². The number of carbonyl (C=O) groups excluding carboxylic acids is 1. The molecule has 18 heavy (non-hydrogen) atoms. The van der Waals surface area contributed by atoms with Gasteiger partial charge in [-0.2, -0.15) is 0 Å². The van der Waals surface area contributed by atoms with Crippen LogP contribution >= 0.6 is 0 Å². The highest BCUT2D eigenvalue weighted by Crippen LogP contribution is 2.30. The Hall–Kier alpha value is -1.26. The Bertz CT molecular complexity index is 332. The molecule has 0 aromatic heterocycles. The summed E-state index contributed by atoms with van der Waals surface area (Å²) < 4.78 is 5.27. The minimum absolute atomic E-state index is 0.00461. The molecule has 2 atom stereocenters. The van der Waals surface area contributed by atoms with Gasteiger partial charge in [0.25, 0.3) is 0 Å². The van der Waals surface area contributed by atoms with E-state index in [0.717, 1.165) is 0 Å². The number of carboxylic acids is 1.